The summed E-state index contributed by atoms with van der Waals surface area (Å²) in [5, 5.41) is 0.632. The molecule has 0 unspecified atom stereocenters. The smallest absolute Gasteiger partial charge is 0.337 e. The Balaban J connectivity index is 1.74. The summed E-state index contributed by atoms with van der Waals surface area (Å²) in [6.07, 6.45) is 0.781. The van der Waals surface area contributed by atoms with Crippen LogP contribution in [-0.4, -0.2) is 30.4 Å². The summed E-state index contributed by atoms with van der Waals surface area (Å²) in [7, 11) is 1.33. The molecular formula is C24H20ClNO3. The number of halogens is 1. The summed E-state index contributed by atoms with van der Waals surface area (Å²) >= 11 is 6.52. The van der Waals surface area contributed by atoms with Gasteiger partial charge in [-0.05, 0) is 53.4 Å². The van der Waals surface area contributed by atoms with Gasteiger partial charge in [-0.2, -0.15) is 0 Å². The fourth-order valence-electron chi connectivity index (χ4n) is 3.85. The van der Waals surface area contributed by atoms with Crippen molar-refractivity contribution in [2.75, 3.05) is 13.7 Å². The zero-order valence-corrected chi connectivity index (χ0v) is 16.7. The van der Waals surface area contributed by atoms with Crippen molar-refractivity contribution < 1.29 is 14.3 Å². The predicted molar refractivity (Wildman–Crippen MR) is 112 cm³/mol. The fraction of sp³-hybridized carbons (Fsp3) is 0.167. The number of carbonyl (C=O) groups excluding carboxylic acids is 2. The van der Waals surface area contributed by atoms with Gasteiger partial charge in [0.1, 0.15) is 0 Å². The normalized spacial score (nSPS) is 15.5. The van der Waals surface area contributed by atoms with Crippen molar-refractivity contribution in [1.29, 1.82) is 0 Å². The minimum absolute atomic E-state index is 0.0964. The highest BCUT2D eigenvalue weighted by molar-refractivity contribution is 6.31. The molecule has 0 fully saturated rings. The van der Waals surface area contributed by atoms with Gasteiger partial charge in [-0.15, -0.1) is 0 Å². The van der Waals surface area contributed by atoms with E-state index in [1.54, 1.807) is 24.3 Å². The van der Waals surface area contributed by atoms with Gasteiger partial charge in [-0.1, -0.05) is 54.1 Å². The quantitative estimate of drug-likeness (QED) is 0.581. The zero-order chi connectivity index (χ0) is 20.4. The minimum Gasteiger partial charge on any atom is -0.465 e. The first-order valence-corrected chi connectivity index (χ1v) is 9.79. The van der Waals surface area contributed by atoms with Crippen LogP contribution in [0.4, 0.5) is 0 Å². The summed E-state index contributed by atoms with van der Waals surface area (Å²) in [6.45, 7) is 0.588. The van der Waals surface area contributed by atoms with Crippen LogP contribution in [0, 0.1) is 0 Å². The Kier molecular flexibility index (Phi) is 5.36. The second-order valence-electron chi connectivity index (χ2n) is 6.94. The van der Waals surface area contributed by atoms with E-state index in [1.807, 2.05) is 41.3 Å². The van der Waals surface area contributed by atoms with Crippen molar-refractivity contribution >= 4 is 23.5 Å². The Morgan fingerprint density at radius 2 is 1.52 bits per heavy atom. The average molecular weight is 406 g/mol. The summed E-state index contributed by atoms with van der Waals surface area (Å²) in [5.74, 6) is -0.523. The number of methoxy groups -OCH3 is 1. The van der Waals surface area contributed by atoms with E-state index in [-0.39, 0.29) is 11.9 Å². The van der Waals surface area contributed by atoms with Crippen LogP contribution < -0.4 is 0 Å². The van der Waals surface area contributed by atoms with Crippen LogP contribution in [0.3, 0.4) is 0 Å². The van der Waals surface area contributed by atoms with Crippen LogP contribution in [0.25, 0.3) is 0 Å². The molecule has 4 nitrogen and oxygen atoms in total. The lowest BCUT2D eigenvalue weighted by molar-refractivity contribution is 0.0599. The van der Waals surface area contributed by atoms with Crippen LogP contribution in [0.1, 0.15) is 43.4 Å². The van der Waals surface area contributed by atoms with Crippen LogP contribution in [0.2, 0.25) is 5.02 Å². The van der Waals surface area contributed by atoms with Crippen molar-refractivity contribution in [2.24, 2.45) is 0 Å². The van der Waals surface area contributed by atoms with E-state index >= 15 is 0 Å². The van der Waals surface area contributed by atoms with Gasteiger partial charge in [0.05, 0.1) is 18.7 Å². The second kappa shape index (κ2) is 8.10. The number of amides is 1. The van der Waals surface area contributed by atoms with Gasteiger partial charge in [0.2, 0.25) is 0 Å². The number of esters is 1. The molecule has 1 atom stereocenters. The third-order valence-electron chi connectivity index (χ3n) is 5.30. The molecule has 0 saturated carbocycles. The SMILES string of the molecule is COC(=O)c1ccc(C(=O)N2CCc3ccccc3[C@H]2c2ccccc2Cl)cc1. The highest BCUT2D eigenvalue weighted by Gasteiger charge is 2.33. The van der Waals surface area contributed by atoms with Gasteiger partial charge in [0, 0.05) is 17.1 Å². The largest absolute Gasteiger partial charge is 0.465 e. The Labute approximate surface area is 174 Å². The molecule has 0 spiro atoms. The van der Waals surface area contributed by atoms with Crippen molar-refractivity contribution in [3.8, 4) is 0 Å². The first kappa shape index (κ1) is 19.2. The highest BCUT2D eigenvalue weighted by atomic mass is 35.5. The van der Waals surface area contributed by atoms with E-state index < -0.39 is 5.97 Å². The number of hydrogen-bond donors (Lipinski definition) is 0. The van der Waals surface area contributed by atoms with E-state index in [0.29, 0.717) is 22.7 Å². The first-order chi connectivity index (χ1) is 14.1. The monoisotopic (exact) mass is 405 g/mol. The Morgan fingerprint density at radius 3 is 2.21 bits per heavy atom. The molecule has 0 aromatic heterocycles. The van der Waals surface area contributed by atoms with Gasteiger partial charge >= 0.3 is 5.97 Å². The van der Waals surface area contributed by atoms with Crippen molar-refractivity contribution in [3.05, 3.63) is 106 Å². The average Bonchev–Trinajstić information content (AvgIpc) is 2.78. The molecule has 0 saturated heterocycles. The molecule has 1 aliphatic rings. The van der Waals surface area contributed by atoms with Gasteiger partial charge in [-0.3, -0.25) is 4.79 Å². The fourth-order valence-corrected chi connectivity index (χ4v) is 4.09. The Hall–Kier alpha value is -3.11. The maximum Gasteiger partial charge on any atom is 0.337 e. The number of ether oxygens (including phenoxy) is 1. The van der Waals surface area contributed by atoms with Crippen molar-refractivity contribution in [3.63, 3.8) is 0 Å². The molecule has 1 amide bonds. The van der Waals surface area contributed by atoms with Crippen LogP contribution in [0.15, 0.2) is 72.8 Å². The second-order valence-corrected chi connectivity index (χ2v) is 7.35. The number of nitrogens with zero attached hydrogens (tertiary/aromatic N) is 1. The predicted octanol–water partition coefficient (Wildman–Crippen LogP) is 4.91. The number of hydrogen-bond acceptors (Lipinski definition) is 3. The van der Waals surface area contributed by atoms with E-state index in [1.165, 1.54) is 12.7 Å². The minimum atomic E-state index is -0.426. The van der Waals surface area contributed by atoms with E-state index in [9.17, 15) is 9.59 Å². The van der Waals surface area contributed by atoms with Gasteiger partial charge in [-0.25, -0.2) is 4.79 Å². The molecule has 29 heavy (non-hydrogen) atoms. The third kappa shape index (κ3) is 3.64. The molecular weight excluding hydrogens is 386 g/mol. The maximum absolute atomic E-state index is 13.4. The third-order valence-corrected chi connectivity index (χ3v) is 5.64. The number of fused-ring (bicyclic) bond motifs is 1. The topological polar surface area (TPSA) is 46.6 Å². The zero-order valence-electron chi connectivity index (χ0n) is 16.0. The molecule has 0 N–H and O–H groups in total. The summed E-state index contributed by atoms with van der Waals surface area (Å²) in [6, 6.07) is 22.1. The van der Waals surface area contributed by atoms with Gasteiger partial charge < -0.3 is 9.64 Å². The lowest BCUT2D eigenvalue weighted by Gasteiger charge is -2.38. The number of rotatable bonds is 3. The molecule has 3 aromatic rings. The molecule has 0 bridgehead atoms. The van der Waals surface area contributed by atoms with E-state index in [0.717, 1.165) is 17.5 Å². The van der Waals surface area contributed by atoms with Crippen LogP contribution in [-0.2, 0) is 11.2 Å². The summed E-state index contributed by atoms with van der Waals surface area (Å²) < 4.78 is 4.73. The van der Waals surface area contributed by atoms with Crippen molar-refractivity contribution in [2.45, 2.75) is 12.5 Å². The van der Waals surface area contributed by atoms with E-state index in [4.69, 9.17) is 16.3 Å². The lowest BCUT2D eigenvalue weighted by atomic mass is 9.87. The number of benzene rings is 3. The van der Waals surface area contributed by atoms with Gasteiger partial charge in [0.15, 0.2) is 0 Å². The van der Waals surface area contributed by atoms with Crippen molar-refractivity contribution in [1.82, 2.24) is 4.90 Å². The standard InChI is InChI=1S/C24H20ClNO3/c1-29-24(28)18-12-10-17(11-13-18)23(27)26-15-14-16-6-2-3-7-19(16)22(26)20-8-4-5-9-21(20)25/h2-13,22H,14-15H2,1H3/t22-/m0/s1. The number of carbonyl (C=O) groups is 2. The molecule has 1 heterocycles. The summed E-state index contributed by atoms with van der Waals surface area (Å²) in [4.78, 5) is 27.0. The maximum atomic E-state index is 13.4. The summed E-state index contributed by atoms with van der Waals surface area (Å²) in [5.41, 5.74) is 4.15. The molecule has 4 rings (SSSR count). The highest BCUT2D eigenvalue weighted by Crippen LogP contribution is 2.38. The van der Waals surface area contributed by atoms with Gasteiger partial charge in [0.25, 0.3) is 5.91 Å². The van der Waals surface area contributed by atoms with Crippen LogP contribution >= 0.6 is 11.6 Å². The Bertz CT molecular complexity index is 1060. The van der Waals surface area contributed by atoms with E-state index in [2.05, 4.69) is 12.1 Å². The Morgan fingerprint density at radius 1 is 0.897 bits per heavy atom. The molecule has 3 aromatic carbocycles. The molecule has 0 aliphatic carbocycles. The first-order valence-electron chi connectivity index (χ1n) is 9.41. The molecule has 146 valence electrons. The molecule has 5 heteroatoms. The lowest BCUT2D eigenvalue weighted by Crippen LogP contribution is -2.40. The van der Waals surface area contributed by atoms with Crippen LogP contribution in [0.5, 0.6) is 0 Å². The molecule has 1 aliphatic heterocycles. The molecule has 0 radical (unpaired) electrons.